The highest BCUT2D eigenvalue weighted by Crippen LogP contribution is 2.05. The molecule has 0 saturated heterocycles. The second-order valence-electron chi connectivity index (χ2n) is 4.04. The monoisotopic (exact) mass is 201 g/mol. The van der Waals surface area contributed by atoms with Crippen LogP contribution < -0.4 is 5.32 Å². The molecule has 0 aromatic heterocycles. The average Bonchev–Trinajstić information content (AvgIpc) is 2.18. The molecule has 0 bridgehead atoms. The lowest BCUT2D eigenvalue weighted by molar-refractivity contribution is 0.150. The summed E-state index contributed by atoms with van der Waals surface area (Å²) in [5.41, 5.74) is 0. The second kappa shape index (κ2) is 11.0. The van der Waals surface area contributed by atoms with E-state index >= 15 is 0 Å². The van der Waals surface area contributed by atoms with E-state index in [1.54, 1.807) is 0 Å². The van der Waals surface area contributed by atoms with Crippen molar-refractivity contribution in [2.75, 3.05) is 13.1 Å². The maximum absolute atomic E-state index is 9.59. The summed E-state index contributed by atoms with van der Waals surface area (Å²) in [6.07, 6.45) is 7.94. The van der Waals surface area contributed by atoms with Crippen molar-refractivity contribution in [3.8, 4) is 0 Å². The maximum Gasteiger partial charge on any atom is 0.0552 e. The van der Waals surface area contributed by atoms with E-state index in [9.17, 15) is 5.11 Å². The highest BCUT2D eigenvalue weighted by atomic mass is 16.3. The number of nitrogens with one attached hydrogen (secondary N) is 1. The average molecular weight is 201 g/mol. The third kappa shape index (κ3) is 10.0. The van der Waals surface area contributed by atoms with Gasteiger partial charge in [-0.15, -0.1) is 0 Å². The maximum atomic E-state index is 9.59. The summed E-state index contributed by atoms with van der Waals surface area (Å²) in [6, 6.07) is 0. The van der Waals surface area contributed by atoms with Gasteiger partial charge in [-0.25, -0.2) is 0 Å². The van der Waals surface area contributed by atoms with Crippen molar-refractivity contribution >= 4 is 0 Å². The molecule has 0 radical (unpaired) electrons. The van der Waals surface area contributed by atoms with Crippen LogP contribution in [-0.4, -0.2) is 24.3 Å². The Kier molecular flexibility index (Phi) is 10.9. The van der Waals surface area contributed by atoms with Crippen LogP contribution in [0.15, 0.2) is 0 Å². The number of rotatable bonds is 10. The lowest BCUT2D eigenvalue weighted by atomic mass is 10.1. The molecular weight excluding hydrogens is 174 g/mol. The van der Waals surface area contributed by atoms with E-state index in [-0.39, 0.29) is 6.10 Å². The van der Waals surface area contributed by atoms with E-state index in [1.165, 1.54) is 32.1 Å². The van der Waals surface area contributed by atoms with Crippen LogP contribution in [0, 0.1) is 0 Å². The molecule has 0 spiro atoms. The van der Waals surface area contributed by atoms with Crippen molar-refractivity contribution in [2.45, 2.75) is 64.9 Å². The van der Waals surface area contributed by atoms with Crippen molar-refractivity contribution < 1.29 is 5.11 Å². The molecule has 86 valence electrons. The summed E-state index contributed by atoms with van der Waals surface area (Å²) >= 11 is 0. The number of aliphatic hydroxyl groups is 1. The first-order valence-corrected chi connectivity index (χ1v) is 6.20. The van der Waals surface area contributed by atoms with Crippen LogP contribution in [0.2, 0.25) is 0 Å². The molecule has 0 aliphatic rings. The van der Waals surface area contributed by atoms with Crippen molar-refractivity contribution in [3.63, 3.8) is 0 Å². The second-order valence-corrected chi connectivity index (χ2v) is 4.04. The van der Waals surface area contributed by atoms with Gasteiger partial charge in [-0.2, -0.15) is 0 Å². The highest BCUT2D eigenvalue weighted by Gasteiger charge is 2.02. The van der Waals surface area contributed by atoms with Gasteiger partial charge in [-0.3, -0.25) is 0 Å². The summed E-state index contributed by atoms with van der Waals surface area (Å²) in [5, 5.41) is 12.9. The molecule has 0 fully saturated rings. The van der Waals surface area contributed by atoms with Crippen molar-refractivity contribution in [3.05, 3.63) is 0 Å². The zero-order valence-corrected chi connectivity index (χ0v) is 9.89. The van der Waals surface area contributed by atoms with Crippen LogP contribution >= 0.6 is 0 Å². The van der Waals surface area contributed by atoms with E-state index in [4.69, 9.17) is 0 Å². The predicted molar refractivity (Wildman–Crippen MR) is 62.5 cm³/mol. The quantitative estimate of drug-likeness (QED) is 0.533. The Morgan fingerprint density at radius 3 is 2.29 bits per heavy atom. The van der Waals surface area contributed by atoms with Gasteiger partial charge in [0.25, 0.3) is 0 Å². The minimum absolute atomic E-state index is 0.0873. The van der Waals surface area contributed by atoms with Crippen LogP contribution in [0.4, 0.5) is 0 Å². The Labute approximate surface area is 89.1 Å². The standard InChI is InChI=1S/C12H27NO/c1-3-5-7-8-12(14)9-11-13-10-6-4-2/h12-14H,3-11H2,1-2H3. The molecule has 0 aliphatic heterocycles. The molecule has 0 saturated carbocycles. The summed E-state index contributed by atoms with van der Waals surface area (Å²) in [5.74, 6) is 0. The van der Waals surface area contributed by atoms with Gasteiger partial charge in [-0.05, 0) is 32.4 Å². The van der Waals surface area contributed by atoms with Crippen LogP contribution in [-0.2, 0) is 0 Å². The SMILES string of the molecule is CCCCCC(O)CCNCCCC. The van der Waals surface area contributed by atoms with E-state index in [2.05, 4.69) is 19.2 Å². The molecular formula is C12H27NO. The van der Waals surface area contributed by atoms with E-state index < -0.39 is 0 Å². The van der Waals surface area contributed by atoms with Gasteiger partial charge in [0, 0.05) is 0 Å². The first kappa shape index (κ1) is 13.9. The summed E-state index contributed by atoms with van der Waals surface area (Å²) in [4.78, 5) is 0. The number of aliphatic hydroxyl groups excluding tert-OH is 1. The minimum Gasteiger partial charge on any atom is -0.393 e. The molecule has 2 N–H and O–H groups in total. The lowest BCUT2D eigenvalue weighted by Gasteiger charge is -2.10. The van der Waals surface area contributed by atoms with Crippen LogP contribution in [0.3, 0.4) is 0 Å². The smallest absolute Gasteiger partial charge is 0.0552 e. The Morgan fingerprint density at radius 2 is 1.64 bits per heavy atom. The molecule has 0 heterocycles. The molecule has 0 aromatic carbocycles. The van der Waals surface area contributed by atoms with Crippen molar-refractivity contribution in [1.82, 2.24) is 5.32 Å². The third-order valence-electron chi connectivity index (χ3n) is 2.50. The summed E-state index contributed by atoms with van der Waals surface area (Å²) < 4.78 is 0. The Morgan fingerprint density at radius 1 is 0.929 bits per heavy atom. The van der Waals surface area contributed by atoms with Gasteiger partial charge in [-0.1, -0.05) is 39.5 Å². The van der Waals surface area contributed by atoms with Gasteiger partial charge in [0.2, 0.25) is 0 Å². The predicted octanol–water partition coefficient (Wildman–Crippen LogP) is 2.71. The number of hydrogen-bond acceptors (Lipinski definition) is 2. The Balaban J connectivity index is 3.06. The lowest BCUT2D eigenvalue weighted by Crippen LogP contribution is -2.21. The van der Waals surface area contributed by atoms with E-state index in [0.717, 1.165) is 25.9 Å². The highest BCUT2D eigenvalue weighted by molar-refractivity contribution is 4.58. The Hall–Kier alpha value is -0.0800. The normalized spacial score (nSPS) is 13.1. The van der Waals surface area contributed by atoms with Gasteiger partial charge in [0.15, 0.2) is 0 Å². The van der Waals surface area contributed by atoms with Crippen LogP contribution in [0.25, 0.3) is 0 Å². The van der Waals surface area contributed by atoms with Crippen molar-refractivity contribution in [2.24, 2.45) is 0 Å². The fraction of sp³-hybridized carbons (Fsp3) is 1.00. The van der Waals surface area contributed by atoms with E-state index in [0.29, 0.717) is 0 Å². The van der Waals surface area contributed by atoms with Gasteiger partial charge < -0.3 is 10.4 Å². The molecule has 0 amide bonds. The molecule has 0 aromatic rings. The molecule has 0 aliphatic carbocycles. The first-order chi connectivity index (χ1) is 6.81. The fourth-order valence-corrected chi connectivity index (χ4v) is 1.47. The van der Waals surface area contributed by atoms with Crippen molar-refractivity contribution in [1.29, 1.82) is 0 Å². The first-order valence-electron chi connectivity index (χ1n) is 6.20. The van der Waals surface area contributed by atoms with Crippen LogP contribution in [0.1, 0.15) is 58.8 Å². The fourth-order valence-electron chi connectivity index (χ4n) is 1.47. The minimum atomic E-state index is -0.0873. The zero-order chi connectivity index (χ0) is 10.6. The summed E-state index contributed by atoms with van der Waals surface area (Å²) in [7, 11) is 0. The Bertz CT molecular complexity index is 106. The van der Waals surface area contributed by atoms with Gasteiger partial charge >= 0.3 is 0 Å². The van der Waals surface area contributed by atoms with Crippen LogP contribution in [0.5, 0.6) is 0 Å². The van der Waals surface area contributed by atoms with Gasteiger partial charge in [0.05, 0.1) is 6.10 Å². The van der Waals surface area contributed by atoms with Gasteiger partial charge in [0.1, 0.15) is 0 Å². The number of hydrogen-bond donors (Lipinski definition) is 2. The largest absolute Gasteiger partial charge is 0.393 e. The molecule has 14 heavy (non-hydrogen) atoms. The number of unbranched alkanes of at least 4 members (excludes halogenated alkanes) is 3. The molecule has 1 atom stereocenters. The summed E-state index contributed by atoms with van der Waals surface area (Å²) in [6.45, 7) is 6.45. The zero-order valence-electron chi connectivity index (χ0n) is 9.89. The molecule has 2 nitrogen and oxygen atoms in total. The third-order valence-corrected chi connectivity index (χ3v) is 2.50. The molecule has 0 rings (SSSR count). The molecule has 1 unspecified atom stereocenters. The molecule has 2 heteroatoms. The van der Waals surface area contributed by atoms with E-state index in [1.807, 2.05) is 0 Å². The topological polar surface area (TPSA) is 32.3 Å².